The van der Waals surface area contributed by atoms with E-state index >= 15 is 0 Å². The smallest absolute Gasteiger partial charge is 0.0667 e. The summed E-state index contributed by atoms with van der Waals surface area (Å²) in [6.07, 6.45) is 1.97. The number of likely N-dealkylation sites (tertiary alicyclic amines) is 1. The standard InChI is InChI=1S/C11H17NOS/c1-9(11-5-3-7-14-11)12-6-2-4-10(13)8-12/h3,5,7,9-10,13H,2,4,6,8H2,1H3/t9-,10-/m1/s1. The normalized spacial score (nSPS) is 26.3. The summed E-state index contributed by atoms with van der Waals surface area (Å²) in [7, 11) is 0. The van der Waals surface area contributed by atoms with Gasteiger partial charge >= 0.3 is 0 Å². The molecule has 0 aromatic carbocycles. The van der Waals surface area contributed by atoms with E-state index in [1.807, 2.05) is 0 Å². The molecule has 2 rings (SSSR count). The van der Waals surface area contributed by atoms with Crippen LogP contribution in [0.1, 0.15) is 30.7 Å². The number of hydrogen-bond donors (Lipinski definition) is 1. The molecule has 0 bridgehead atoms. The molecule has 2 atom stereocenters. The van der Waals surface area contributed by atoms with Crippen molar-refractivity contribution in [3.05, 3.63) is 22.4 Å². The first kappa shape index (κ1) is 10.1. The van der Waals surface area contributed by atoms with Crippen molar-refractivity contribution in [2.24, 2.45) is 0 Å². The van der Waals surface area contributed by atoms with Gasteiger partial charge in [0.25, 0.3) is 0 Å². The number of β-amino-alcohol motifs (C(OH)–C–C–N with tert-alkyl or cyclic N) is 1. The fraction of sp³-hybridized carbons (Fsp3) is 0.636. The number of hydrogen-bond acceptors (Lipinski definition) is 3. The van der Waals surface area contributed by atoms with Gasteiger partial charge in [-0.25, -0.2) is 0 Å². The van der Waals surface area contributed by atoms with E-state index in [1.54, 1.807) is 11.3 Å². The molecule has 0 aliphatic carbocycles. The first-order valence-corrected chi connectivity index (χ1v) is 6.11. The Balaban J connectivity index is 2.00. The van der Waals surface area contributed by atoms with Crippen molar-refractivity contribution in [3.63, 3.8) is 0 Å². The average molecular weight is 211 g/mol. The average Bonchev–Trinajstić information content (AvgIpc) is 2.69. The molecule has 0 amide bonds. The van der Waals surface area contributed by atoms with E-state index in [9.17, 15) is 5.11 Å². The SMILES string of the molecule is C[C@H](c1cccs1)N1CCC[C@@H](O)C1. The third kappa shape index (κ3) is 2.16. The summed E-state index contributed by atoms with van der Waals surface area (Å²) in [6.45, 7) is 4.18. The molecule has 3 heteroatoms. The molecular formula is C11H17NOS. The zero-order valence-electron chi connectivity index (χ0n) is 8.52. The van der Waals surface area contributed by atoms with Gasteiger partial charge < -0.3 is 5.11 Å². The summed E-state index contributed by atoms with van der Waals surface area (Å²) >= 11 is 1.80. The summed E-state index contributed by atoms with van der Waals surface area (Å²) < 4.78 is 0. The van der Waals surface area contributed by atoms with Crippen LogP contribution < -0.4 is 0 Å². The Morgan fingerprint density at radius 3 is 3.14 bits per heavy atom. The third-order valence-electron chi connectivity index (χ3n) is 2.93. The van der Waals surface area contributed by atoms with E-state index < -0.39 is 0 Å². The molecule has 0 saturated carbocycles. The van der Waals surface area contributed by atoms with Crippen LogP contribution in [0.4, 0.5) is 0 Å². The minimum absolute atomic E-state index is 0.119. The van der Waals surface area contributed by atoms with Gasteiger partial charge in [0, 0.05) is 17.5 Å². The van der Waals surface area contributed by atoms with Crippen molar-refractivity contribution in [1.29, 1.82) is 0 Å². The molecule has 1 saturated heterocycles. The number of rotatable bonds is 2. The van der Waals surface area contributed by atoms with Crippen molar-refractivity contribution >= 4 is 11.3 Å². The molecule has 1 fully saturated rings. The van der Waals surface area contributed by atoms with Crippen molar-refractivity contribution in [1.82, 2.24) is 4.90 Å². The molecule has 1 aliphatic rings. The lowest BCUT2D eigenvalue weighted by Crippen LogP contribution is -2.39. The van der Waals surface area contributed by atoms with Gasteiger partial charge in [-0.3, -0.25) is 4.90 Å². The van der Waals surface area contributed by atoms with Crippen LogP contribution in [0, 0.1) is 0 Å². The molecule has 2 nitrogen and oxygen atoms in total. The fourth-order valence-corrected chi connectivity index (χ4v) is 2.86. The zero-order valence-corrected chi connectivity index (χ0v) is 9.33. The third-order valence-corrected chi connectivity index (χ3v) is 3.97. The zero-order chi connectivity index (χ0) is 9.97. The maximum absolute atomic E-state index is 9.59. The lowest BCUT2D eigenvalue weighted by Gasteiger charge is -2.34. The minimum Gasteiger partial charge on any atom is -0.392 e. The molecule has 1 N–H and O–H groups in total. The van der Waals surface area contributed by atoms with Crippen LogP contribution in [0.15, 0.2) is 17.5 Å². The van der Waals surface area contributed by atoms with Crippen LogP contribution in [-0.2, 0) is 0 Å². The second kappa shape index (κ2) is 4.43. The Morgan fingerprint density at radius 2 is 2.50 bits per heavy atom. The highest BCUT2D eigenvalue weighted by atomic mass is 32.1. The Bertz CT molecular complexity index is 273. The van der Waals surface area contributed by atoms with Gasteiger partial charge in [-0.15, -0.1) is 11.3 Å². The number of aliphatic hydroxyl groups excluding tert-OH is 1. The van der Waals surface area contributed by atoms with Crippen LogP contribution in [0.25, 0.3) is 0 Å². The Labute approximate surface area is 89.2 Å². The highest BCUT2D eigenvalue weighted by Gasteiger charge is 2.23. The maximum atomic E-state index is 9.59. The molecule has 1 aromatic heterocycles. The van der Waals surface area contributed by atoms with Crippen molar-refractivity contribution in [2.75, 3.05) is 13.1 Å². The summed E-state index contributed by atoms with van der Waals surface area (Å²) in [5.74, 6) is 0. The van der Waals surface area contributed by atoms with Crippen LogP contribution in [-0.4, -0.2) is 29.2 Å². The van der Waals surface area contributed by atoms with Gasteiger partial charge in [-0.05, 0) is 37.8 Å². The number of piperidine rings is 1. The molecule has 14 heavy (non-hydrogen) atoms. The predicted octanol–water partition coefficient (Wildman–Crippen LogP) is 2.27. The van der Waals surface area contributed by atoms with Crippen LogP contribution >= 0.6 is 11.3 Å². The van der Waals surface area contributed by atoms with Gasteiger partial charge in [0.2, 0.25) is 0 Å². The van der Waals surface area contributed by atoms with Crippen molar-refractivity contribution < 1.29 is 5.11 Å². The topological polar surface area (TPSA) is 23.5 Å². The minimum atomic E-state index is -0.119. The first-order valence-electron chi connectivity index (χ1n) is 5.23. The van der Waals surface area contributed by atoms with Crippen LogP contribution in [0.3, 0.4) is 0 Å². The highest BCUT2D eigenvalue weighted by Crippen LogP contribution is 2.27. The lowest BCUT2D eigenvalue weighted by molar-refractivity contribution is 0.0511. The monoisotopic (exact) mass is 211 g/mol. The van der Waals surface area contributed by atoms with Crippen molar-refractivity contribution in [2.45, 2.75) is 31.9 Å². The van der Waals surface area contributed by atoms with Gasteiger partial charge in [0.15, 0.2) is 0 Å². The summed E-state index contributed by atoms with van der Waals surface area (Å²) in [5.41, 5.74) is 0. The van der Waals surface area contributed by atoms with E-state index in [2.05, 4.69) is 29.3 Å². The fourth-order valence-electron chi connectivity index (χ4n) is 2.04. The predicted molar refractivity (Wildman–Crippen MR) is 59.5 cm³/mol. The Morgan fingerprint density at radius 1 is 1.64 bits per heavy atom. The largest absolute Gasteiger partial charge is 0.392 e. The van der Waals surface area contributed by atoms with E-state index in [0.29, 0.717) is 6.04 Å². The molecule has 78 valence electrons. The molecule has 2 heterocycles. The molecule has 1 aromatic rings. The lowest BCUT2D eigenvalue weighted by atomic mass is 10.1. The van der Waals surface area contributed by atoms with E-state index in [0.717, 1.165) is 25.9 Å². The summed E-state index contributed by atoms with van der Waals surface area (Å²) in [6, 6.07) is 4.73. The quantitative estimate of drug-likeness (QED) is 0.811. The van der Waals surface area contributed by atoms with Gasteiger partial charge in [0.1, 0.15) is 0 Å². The van der Waals surface area contributed by atoms with Gasteiger partial charge in [-0.1, -0.05) is 6.07 Å². The Kier molecular flexibility index (Phi) is 3.21. The molecular weight excluding hydrogens is 194 g/mol. The van der Waals surface area contributed by atoms with Crippen LogP contribution in [0.5, 0.6) is 0 Å². The molecule has 0 unspecified atom stereocenters. The van der Waals surface area contributed by atoms with Crippen molar-refractivity contribution in [3.8, 4) is 0 Å². The maximum Gasteiger partial charge on any atom is 0.0667 e. The highest BCUT2D eigenvalue weighted by molar-refractivity contribution is 7.10. The van der Waals surface area contributed by atoms with Crippen LogP contribution in [0.2, 0.25) is 0 Å². The number of nitrogens with zero attached hydrogens (tertiary/aromatic N) is 1. The first-order chi connectivity index (χ1) is 6.77. The van der Waals surface area contributed by atoms with E-state index in [-0.39, 0.29) is 6.10 Å². The van der Waals surface area contributed by atoms with Gasteiger partial charge in [0.05, 0.1) is 6.10 Å². The molecule has 1 aliphatic heterocycles. The summed E-state index contributed by atoms with van der Waals surface area (Å²) in [5, 5.41) is 11.7. The second-order valence-electron chi connectivity index (χ2n) is 3.98. The van der Waals surface area contributed by atoms with E-state index in [1.165, 1.54) is 4.88 Å². The summed E-state index contributed by atoms with van der Waals surface area (Å²) in [4.78, 5) is 3.78. The van der Waals surface area contributed by atoms with Gasteiger partial charge in [-0.2, -0.15) is 0 Å². The second-order valence-corrected chi connectivity index (χ2v) is 4.96. The number of aliphatic hydroxyl groups is 1. The Hall–Kier alpha value is -0.380. The molecule has 0 radical (unpaired) electrons. The number of thiophene rings is 1. The van der Waals surface area contributed by atoms with E-state index in [4.69, 9.17) is 0 Å². The molecule has 0 spiro atoms.